The number of pyridine rings is 3. The predicted molar refractivity (Wildman–Crippen MR) is 199 cm³/mol. The number of benzene rings is 5. The molecule has 0 unspecified atom stereocenters. The van der Waals surface area contributed by atoms with Gasteiger partial charge in [0.2, 0.25) is 0 Å². The first-order valence-electron chi connectivity index (χ1n) is 15.7. The normalized spacial score (nSPS) is 11.3. The molecule has 0 saturated carbocycles. The Morgan fingerprint density at radius 3 is 1.34 bits per heavy atom. The van der Waals surface area contributed by atoms with Crippen LogP contribution in [-0.2, 0) is 0 Å². The van der Waals surface area contributed by atoms with Crippen LogP contribution in [-0.4, -0.2) is 15.0 Å². The fourth-order valence-corrected chi connectivity index (χ4v) is 6.62. The Labute approximate surface area is 282 Å². The Hall–Kier alpha value is -5.45. The van der Waals surface area contributed by atoms with Crippen LogP contribution >= 0.6 is 15.9 Å². The van der Waals surface area contributed by atoms with E-state index < -0.39 is 0 Å². The van der Waals surface area contributed by atoms with Gasteiger partial charge in [-0.2, -0.15) is 0 Å². The summed E-state index contributed by atoms with van der Waals surface area (Å²) in [7, 11) is 0. The molecule has 0 N–H and O–H groups in total. The van der Waals surface area contributed by atoms with Crippen molar-refractivity contribution in [1.82, 2.24) is 15.0 Å². The van der Waals surface area contributed by atoms with Crippen LogP contribution in [0.1, 0.15) is 11.1 Å². The lowest BCUT2D eigenvalue weighted by molar-refractivity contribution is 1.31. The van der Waals surface area contributed by atoms with Gasteiger partial charge in [0.1, 0.15) is 0 Å². The molecular formula is C43H30BrN3. The van der Waals surface area contributed by atoms with Crippen molar-refractivity contribution in [2.45, 2.75) is 13.8 Å². The number of halogens is 1. The Kier molecular flexibility index (Phi) is 7.43. The quantitative estimate of drug-likeness (QED) is 0.183. The highest BCUT2D eigenvalue weighted by molar-refractivity contribution is 9.10. The van der Waals surface area contributed by atoms with E-state index in [0.717, 1.165) is 71.0 Å². The van der Waals surface area contributed by atoms with Gasteiger partial charge in [0.05, 0.1) is 22.4 Å². The summed E-state index contributed by atoms with van der Waals surface area (Å²) in [5.41, 5.74) is 14.9. The summed E-state index contributed by atoms with van der Waals surface area (Å²) in [4.78, 5) is 15.2. The molecule has 0 bridgehead atoms. The van der Waals surface area contributed by atoms with Crippen LogP contribution in [0.4, 0.5) is 0 Å². The van der Waals surface area contributed by atoms with Crippen molar-refractivity contribution in [1.29, 1.82) is 0 Å². The van der Waals surface area contributed by atoms with Gasteiger partial charge < -0.3 is 0 Å². The van der Waals surface area contributed by atoms with Crippen molar-refractivity contribution in [2.75, 3.05) is 0 Å². The van der Waals surface area contributed by atoms with Crippen LogP contribution in [0.3, 0.4) is 0 Å². The van der Waals surface area contributed by atoms with Crippen LogP contribution < -0.4 is 0 Å². The molecule has 3 aromatic heterocycles. The standard InChI is InChI=1S/C43H30BrN3/c1-27-9-13-30(14-10-27)34-21-23-45-42-36(34)5-3-7-38(42)40-25-32(29-17-19-33(44)20-18-29)26-41(47-40)39-8-4-6-37-35(22-24-46-43(37)39)31-15-11-28(2)12-16-31/h3-26H,1-2H3. The molecule has 5 aromatic carbocycles. The third-order valence-electron chi connectivity index (χ3n) is 8.82. The summed E-state index contributed by atoms with van der Waals surface area (Å²) in [6.45, 7) is 4.23. The molecule has 8 rings (SSSR count). The molecule has 0 radical (unpaired) electrons. The number of aryl methyl sites for hydroxylation is 2. The Morgan fingerprint density at radius 1 is 0.426 bits per heavy atom. The van der Waals surface area contributed by atoms with Gasteiger partial charge in [-0.05, 0) is 83.6 Å². The Morgan fingerprint density at radius 2 is 0.872 bits per heavy atom. The average molecular weight is 669 g/mol. The number of nitrogens with zero attached hydrogens (tertiary/aromatic N) is 3. The van der Waals surface area contributed by atoms with E-state index >= 15 is 0 Å². The second kappa shape index (κ2) is 12.1. The van der Waals surface area contributed by atoms with E-state index in [2.05, 4.69) is 163 Å². The van der Waals surface area contributed by atoms with Crippen LogP contribution in [0.25, 0.3) is 77.7 Å². The second-order valence-corrected chi connectivity index (χ2v) is 12.9. The van der Waals surface area contributed by atoms with Crippen LogP contribution in [0.15, 0.2) is 150 Å². The lowest BCUT2D eigenvalue weighted by Crippen LogP contribution is -1.95. The van der Waals surface area contributed by atoms with E-state index in [1.807, 2.05) is 12.4 Å². The lowest BCUT2D eigenvalue weighted by atomic mass is 9.94. The maximum absolute atomic E-state index is 5.36. The first-order valence-corrected chi connectivity index (χ1v) is 16.5. The van der Waals surface area contributed by atoms with E-state index in [-0.39, 0.29) is 0 Å². The predicted octanol–water partition coefficient (Wildman–Crippen LogP) is 11.9. The molecule has 3 nitrogen and oxygen atoms in total. The number of fused-ring (bicyclic) bond motifs is 2. The van der Waals surface area contributed by atoms with Crippen molar-refractivity contribution >= 4 is 37.7 Å². The van der Waals surface area contributed by atoms with Gasteiger partial charge in [-0.1, -0.05) is 124 Å². The first kappa shape index (κ1) is 29.0. The highest BCUT2D eigenvalue weighted by Crippen LogP contribution is 2.38. The van der Waals surface area contributed by atoms with E-state index in [9.17, 15) is 0 Å². The zero-order valence-electron chi connectivity index (χ0n) is 26.1. The van der Waals surface area contributed by atoms with E-state index in [4.69, 9.17) is 15.0 Å². The largest absolute Gasteiger partial charge is 0.256 e. The van der Waals surface area contributed by atoms with E-state index in [1.54, 1.807) is 0 Å². The maximum atomic E-state index is 5.36. The molecule has 4 heteroatoms. The van der Waals surface area contributed by atoms with Gasteiger partial charge in [0.25, 0.3) is 0 Å². The fraction of sp³-hybridized carbons (Fsp3) is 0.0465. The molecule has 224 valence electrons. The van der Waals surface area contributed by atoms with Gasteiger partial charge in [0, 0.05) is 38.8 Å². The minimum atomic E-state index is 0.867. The van der Waals surface area contributed by atoms with Crippen LogP contribution in [0, 0.1) is 13.8 Å². The molecule has 0 aliphatic carbocycles. The minimum absolute atomic E-state index is 0.867. The third-order valence-corrected chi connectivity index (χ3v) is 9.35. The van der Waals surface area contributed by atoms with E-state index in [0.29, 0.717) is 0 Å². The number of hydrogen-bond donors (Lipinski definition) is 0. The molecular weight excluding hydrogens is 638 g/mol. The smallest absolute Gasteiger partial charge is 0.0802 e. The number of aromatic nitrogens is 3. The SMILES string of the molecule is Cc1ccc(-c2ccnc3c(-c4cc(-c5ccc(Br)cc5)cc(-c5cccc6c(-c7ccc(C)cc7)ccnc56)n4)cccc23)cc1. The summed E-state index contributed by atoms with van der Waals surface area (Å²) in [5, 5.41) is 2.20. The molecule has 0 saturated heterocycles. The van der Waals surface area contributed by atoms with Crippen molar-refractivity contribution in [3.8, 4) is 55.9 Å². The summed E-state index contributed by atoms with van der Waals surface area (Å²) in [6.07, 6.45) is 3.81. The molecule has 47 heavy (non-hydrogen) atoms. The minimum Gasteiger partial charge on any atom is -0.256 e. The molecule has 0 aliphatic heterocycles. The van der Waals surface area contributed by atoms with Gasteiger partial charge in [0.15, 0.2) is 0 Å². The monoisotopic (exact) mass is 667 g/mol. The topological polar surface area (TPSA) is 38.7 Å². The molecule has 0 aliphatic rings. The zero-order valence-corrected chi connectivity index (χ0v) is 27.7. The van der Waals surface area contributed by atoms with Crippen molar-refractivity contribution < 1.29 is 0 Å². The molecule has 8 aromatic rings. The fourth-order valence-electron chi connectivity index (χ4n) is 6.35. The summed E-state index contributed by atoms with van der Waals surface area (Å²) < 4.78 is 1.04. The second-order valence-electron chi connectivity index (χ2n) is 12.0. The van der Waals surface area contributed by atoms with Crippen LogP contribution in [0.2, 0.25) is 0 Å². The molecule has 0 spiro atoms. The average Bonchev–Trinajstić information content (AvgIpc) is 3.11. The number of hydrogen-bond acceptors (Lipinski definition) is 3. The molecule has 0 atom stereocenters. The Balaban J connectivity index is 1.35. The maximum Gasteiger partial charge on any atom is 0.0802 e. The molecule has 3 heterocycles. The third kappa shape index (κ3) is 5.51. The number of rotatable bonds is 5. The van der Waals surface area contributed by atoms with Gasteiger partial charge in [-0.3, -0.25) is 9.97 Å². The number of para-hydroxylation sites is 2. The van der Waals surface area contributed by atoms with Crippen LogP contribution in [0.5, 0.6) is 0 Å². The highest BCUT2D eigenvalue weighted by Gasteiger charge is 2.16. The Bertz CT molecular complexity index is 2270. The highest BCUT2D eigenvalue weighted by atomic mass is 79.9. The molecule has 0 fully saturated rings. The van der Waals surface area contributed by atoms with Crippen molar-refractivity contribution in [3.05, 3.63) is 161 Å². The first-order chi connectivity index (χ1) is 23.0. The summed E-state index contributed by atoms with van der Waals surface area (Å²) >= 11 is 3.61. The zero-order chi connectivity index (χ0) is 31.9. The van der Waals surface area contributed by atoms with E-state index in [1.165, 1.54) is 22.3 Å². The summed E-state index contributed by atoms with van der Waals surface area (Å²) in [5.74, 6) is 0. The molecule has 0 amide bonds. The summed E-state index contributed by atoms with van der Waals surface area (Å²) in [6, 6.07) is 47.1. The lowest BCUT2D eigenvalue weighted by Gasteiger charge is -2.15. The van der Waals surface area contributed by atoms with Gasteiger partial charge in [-0.15, -0.1) is 0 Å². The van der Waals surface area contributed by atoms with Crippen molar-refractivity contribution in [2.24, 2.45) is 0 Å². The van der Waals surface area contributed by atoms with Gasteiger partial charge >= 0.3 is 0 Å². The van der Waals surface area contributed by atoms with Crippen molar-refractivity contribution in [3.63, 3.8) is 0 Å². The van der Waals surface area contributed by atoms with Gasteiger partial charge in [-0.25, -0.2) is 4.98 Å².